The lowest BCUT2D eigenvalue weighted by Gasteiger charge is -2.33. The molecule has 0 spiro atoms. The van der Waals surface area contributed by atoms with E-state index >= 15 is 0 Å². The number of thioether (sulfide) groups is 1. The van der Waals surface area contributed by atoms with Crippen LogP contribution in [-0.4, -0.2) is 42.2 Å². The Morgan fingerprint density at radius 3 is 2.74 bits per heavy atom. The van der Waals surface area contributed by atoms with E-state index < -0.39 is 0 Å². The quantitative estimate of drug-likeness (QED) is 0.870. The number of carbonyl (C=O) groups excluding carboxylic acids is 1. The second-order valence-corrected chi connectivity index (χ2v) is 5.79. The van der Waals surface area contributed by atoms with E-state index in [2.05, 4.69) is 43.4 Å². The zero-order chi connectivity index (χ0) is 13.0. The molecule has 1 N–H and O–H groups in total. The highest BCUT2D eigenvalue weighted by atomic mass is 35.5. The molecule has 1 amide bonds. The summed E-state index contributed by atoms with van der Waals surface area (Å²) in [6.45, 7) is 6.81. The summed E-state index contributed by atoms with van der Waals surface area (Å²) in [4.78, 5) is 15.3. The second kappa shape index (κ2) is 7.78. The lowest BCUT2D eigenvalue weighted by molar-refractivity contribution is -0.131. The van der Waals surface area contributed by atoms with E-state index in [1.54, 1.807) is 11.8 Å². The Bertz CT molecular complexity index is 410. The minimum absolute atomic E-state index is 0. The van der Waals surface area contributed by atoms with Gasteiger partial charge in [-0.15, -0.1) is 24.2 Å². The summed E-state index contributed by atoms with van der Waals surface area (Å²) in [6, 6.07) is 8.63. The smallest absolute Gasteiger partial charge is 0.233 e. The number of aryl methyl sites for hydroxylation is 1. The molecule has 1 aliphatic heterocycles. The predicted octanol–water partition coefficient (Wildman–Crippen LogP) is 2.33. The third-order valence-electron chi connectivity index (χ3n) is 3.20. The number of nitrogens with zero attached hydrogens (tertiary/aromatic N) is 1. The van der Waals surface area contributed by atoms with Crippen molar-refractivity contribution < 1.29 is 4.79 Å². The largest absolute Gasteiger partial charge is 0.337 e. The Kier molecular flexibility index (Phi) is 6.69. The molecule has 5 heteroatoms. The number of carbonyl (C=O) groups is 1. The SMILES string of the molecule is Cc1ccc(SCC(=O)N2CCNC[C@@H]2C)cc1.Cl. The molecule has 1 aromatic rings. The highest BCUT2D eigenvalue weighted by Crippen LogP contribution is 2.19. The van der Waals surface area contributed by atoms with Gasteiger partial charge in [-0.3, -0.25) is 4.79 Å². The monoisotopic (exact) mass is 300 g/mol. The fraction of sp³-hybridized carbons (Fsp3) is 0.500. The van der Waals surface area contributed by atoms with Gasteiger partial charge in [0.1, 0.15) is 0 Å². The number of amides is 1. The summed E-state index contributed by atoms with van der Waals surface area (Å²) < 4.78 is 0. The summed E-state index contributed by atoms with van der Waals surface area (Å²) in [6.07, 6.45) is 0. The van der Waals surface area contributed by atoms with E-state index in [0.717, 1.165) is 24.5 Å². The minimum atomic E-state index is 0. The normalized spacial score (nSPS) is 18.8. The van der Waals surface area contributed by atoms with E-state index in [-0.39, 0.29) is 18.3 Å². The molecule has 1 aromatic carbocycles. The van der Waals surface area contributed by atoms with Crippen molar-refractivity contribution in [1.29, 1.82) is 0 Å². The van der Waals surface area contributed by atoms with Gasteiger partial charge in [0.2, 0.25) is 5.91 Å². The van der Waals surface area contributed by atoms with Crippen molar-refractivity contribution in [1.82, 2.24) is 10.2 Å². The van der Waals surface area contributed by atoms with E-state index in [1.165, 1.54) is 5.56 Å². The van der Waals surface area contributed by atoms with Crippen LogP contribution >= 0.6 is 24.2 Å². The molecule has 1 fully saturated rings. The van der Waals surface area contributed by atoms with Crippen molar-refractivity contribution in [3.63, 3.8) is 0 Å². The Labute approximate surface area is 125 Å². The molecule has 0 aliphatic carbocycles. The third-order valence-corrected chi connectivity index (χ3v) is 4.20. The van der Waals surface area contributed by atoms with Crippen molar-refractivity contribution >= 4 is 30.1 Å². The zero-order valence-electron chi connectivity index (χ0n) is 11.4. The van der Waals surface area contributed by atoms with Gasteiger partial charge in [0.15, 0.2) is 0 Å². The Morgan fingerprint density at radius 2 is 2.11 bits per heavy atom. The van der Waals surface area contributed by atoms with Crippen LogP contribution in [0.3, 0.4) is 0 Å². The summed E-state index contributed by atoms with van der Waals surface area (Å²) in [7, 11) is 0. The summed E-state index contributed by atoms with van der Waals surface area (Å²) in [5, 5.41) is 3.30. The first kappa shape index (κ1) is 16.3. The van der Waals surface area contributed by atoms with E-state index in [9.17, 15) is 4.79 Å². The highest BCUT2D eigenvalue weighted by molar-refractivity contribution is 8.00. The predicted molar refractivity (Wildman–Crippen MR) is 83.2 cm³/mol. The second-order valence-electron chi connectivity index (χ2n) is 4.74. The van der Waals surface area contributed by atoms with Gasteiger partial charge in [-0.05, 0) is 26.0 Å². The molecule has 1 aliphatic rings. The molecular weight excluding hydrogens is 280 g/mol. The minimum Gasteiger partial charge on any atom is -0.337 e. The molecule has 0 saturated carbocycles. The first-order valence-electron chi connectivity index (χ1n) is 6.36. The maximum Gasteiger partial charge on any atom is 0.233 e. The maximum absolute atomic E-state index is 12.1. The standard InChI is InChI=1S/C14H20N2OS.ClH/c1-11-3-5-13(6-4-11)18-10-14(17)16-8-7-15-9-12(16)2;/h3-6,12,15H,7-10H2,1-2H3;1H/t12-;/m0./s1. The number of hydrogen-bond acceptors (Lipinski definition) is 3. The van der Waals surface area contributed by atoms with Gasteiger partial charge >= 0.3 is 0 Å². The summed E-state index contributed by atoms with van der Waals surface area (Å²) >= 11 is 1.62. The first-order chi connectivity index (χ1) is 8.66. The molecule has 0 unspecified atom stereocenters. The molecule has 1 saturated heterocycles. The maximum atomic E-state index is 12.1. The third kappa shape index (κ3) is 4.71. The van der Waals surface area contributed by atoms with Crippen molar-refractivity contribution in [2.45, 2.75) is 24.8 Å². The Hall–Kier alpha value is -0.710. The number of rotatable bonds is 3. The van der Waals surface area contributed by atoms with Crippen LogP contribution in [0.1, 0.15) is 12.5 Å². The Balaban J connectivity index is 0.00000180. The molecular formula is C14H21ClN2OS. The highest BCUT2D eigenvalue weighted by Gasteiger charge is 2.22. The summed E-state index contributed by atoms with van der Waals surface area (Å²) in [5.74, 6) is 0.780. The van der Waals surface area contributed by atoms with Crippen molar-refractivity contribution in [2.24, 2.45) is 0 Å². The molecule has 1 heterocycles. The number of piperazine rings is 1. The van der Waals surface area contributed by atoms with Crippen LogP contribution in [0.2, 0.25) is 0 Å². The van der Waals surface area contributed by atoms with E-state index in [1.807, 2.05) is 4.90 Å². The zero-order valence-corrected chi connectivity index (χ0v) is 13.0. The molecule has 0 aromatic heterocycles. The van der Waals surface area contributed by atoms with Gasteiger partial charge in [0, 0.05) is 30.6 Å². The van der Waals surface area contributed by atoms with Gasteiger partial charge < -0.3 is 10.2 Å². The molecule has 19 heavy (non-hydrogen) atoms. The molecule has 1 atom stereocenters. The average molecular weight is 301 g/mol. The van der Waals surface area contributed by atoms with E-state index in [0.29, 0.717) is 11.8 Å². The summed E-state index contributed by atoms with van der Waals surface area (Å²) in [5.41, 5.74) is 1.25. The fourth-order valence-corrected chi connectivity index (χ4v) is 2.86. The van der Waals surface area contributed by atoms with Crippen LogP contribution in [-0.2, 0) is 4.79 Å². The van der Waals surface area contributed by atoms with Crippen LogP contribution in [0.4, 0.5) is 0 Å². The first-order valence-corrected chi connectivity index (χ1v) is 7.35. The van der Waals surface area contributed by atoms with Crippen molar-refractivity contribution in [3.8, 4) is 0 Å². The van der Waals surface area contributed by atoms with E-state index in [4.69, 9.17) is 0 Å². The van der Waals surface area contributed by atoms with Crippen molar-refractivity contribution in [3.05, 3.63) is 29.8 Å². The number of benzene rings is 1. The van der Waals surface area contributed by atoms with Gasteiger partial charge in [-0.25, -0.2) is 0 Å². The van der Waals surface area contributed by atoms with Gasteiger partial charge in [-0.2, -0.15) is 0 Å². The van der Waals surface area contributed by atoms with Gasteiger partial charge in [-0.1, -0.05) is 17.7 Å². The average Bonchev–Trinajstić information content (AvgIpc) is 2.38. The van der Waals surface area contributed by atoms with Crippen molar-refractivity contribution in [2.75, 3.05) is 25.4 Å². The molecule has 3 nitrogen and oxygen atoms in total. The molecule has 0 radical (unpaired) electrons. The van der Waals surface area contributed by atoms with Gasteiger partial charge in [0.05, 0.1) is 5.75 Å². The Morgan fingerprint density at radius 1 is 1.42 bits per heavy atom. The molecule has 106 valence electrons. The fourth-order valence-electron chi connectivity index (χ4n) is 2.07. The topological polar surface area (TPSA) is 32.3 Å². The number of halogens is 1. The van der Waals surface area contributed by atoms with Crippen LogP contribution in [0, 0.1) is 6.92 Å². The number of hydrogen-bond donors (Lipinski definition) is 1. The van der Waals surface area contributed by atoms with Crippen LogP contribution < -0.4 is 5.32 Å². The lowest BCUT2D eigenvalue weighted by atomic mass is 10.2. The number of nitrogens with one attached hydrogen (secondary N) is 1. The van der Waals surface area contributed by atoms with Crippen LogP contribution in [0.15, 0.2) is 29.2 Å². The lowest BCUT2D eigenvalue weighted by Crippen LogP contribution is -2.52. The molecule has 2 rings (SSSR count). The van der Waals surface area contributed by atoms with Crippen LogP contribution in [0.25, 0.3) is 0 Å². The van der Waals surface area contributed by atoms with Crippen LogP contribution in [0.5, 0.6) is 0 Å². The van der Waals surface area contributed by atoms with Gasteiger partial charge in [0.25, 0.3) is 0 Å². The molecule has 0 bridgehead atoms.